The maximum absolute atomic E-state index is 14.5. The molecule has 0 saturated heterocycles. The number of pyridine rings is 1. The van der Waals surface area contributed by atoms with E-state index in [0.717, 1.165) is 12.4 Å². The van der Waals surface area contributed by atoms with Crippen LogP contribution in [0.4, 0.5) is 13.2 Å². The summed E-state index contributed by atoms with van der Waals surface area (Å²) >= 11 is 0. The van der Waals surface area contributed by atoms with Crippen LogP contribution in [0.3, 0.4) is 0 Å². The molecule has 0 bridgehead atoms. The minimum absolute atomic E-state index is 0.0109. The summed E-state index contributed by atoms with van der Waals surface area (Å²) in [4.78, 5) is 3.46. The Morgan fingerprint density at radius 1 is 0.759 bits per heavy atom. The van der Waals surface area contributed by atoms with Gasteiger partial charge in [-0.15, -0.1) is 0 Å². The molecule has 29 heavy (non-hydrogen) atoms. The van der Waals surface area contributed by atoms with Gasteiger partial charge in [0.1, 0.15) is 5.82 Å². The number of nitrogens with zero attached hydrogens (tertiary/aromatic N) is 4. The minimum atomic E-state index is -0.862. The van der Waals surface area contributed by atoms with Crippen LogP contribution in [0.5, 0.6) is 0 Å². The van der Waals surface area contributed by atoms with Crippen LogP contribution < -0.4 is 0 Å². The third-order valence-electron chi connectivity index (χ3n) is 4.40. The quantitative estimate of drug-likeness (QED) is 0.486. The second-order valence-electron chi connectivity index (χ2n) is 6.16. The molecule has 0 amide bonds. The minimum Gasteiger partial charge on any atom is -0.259 e. The van der Waals surface area contributed by atoms with Crippen molar-refractivity contribution >= 4 is 0 Å². The van der Waals surface area contributed by atoms with Crippen LogP contribution in [0.15, 0.2) is 67.1 Å². The normalized spacial score (nSPS) is 10.6. The van der Waals surface area contributed by atoms with E-state index in [9.17, 15) is 18.4 Å². The van der Waals surface area contributed by atoms with E-state index >= 15 is 0 Å². The maximum atomic E-state index is 14.5. The highest BCUT2D eigenvalue weighted by Gasteiger charge is 2.16. The third kappa shape index (κ3) is 3.44. The van der Waals surface area contributed by atoms with Crippen LogP contribution >= 0.6 is 0 Å². The molecule has 4 aromatic rings. The van der Waals surface area contributed by atoms with E-state index in [0.29, 0.717) is 22.3 Å². The van der Waals surface area contributed by atoms with Crippen molar-refractivity contribution in [3.05, 3.63) is 90.1 Å². The number of rotatable bonds is 3. The number of halogens is 3. The van der Waals surface area contributed by atoms with Crippen molar-refractivity contribution in [2.24, 2.45) is 0 Å². The van der Waals surface area contributed by atoms with Crippen molar-refractivity contribution in [1.82, 2.24) is 15.2 Å². The van der Waals surface area contributed by atoms with E-state index in [1.807, 2.05) is 6.07 Å². The first kappa shape index (κ1) is 18.3. The zero-order chi connectivity index (χ0) is 20.4. The molecule has 0 fully saturated rings. The standard InChI is InChI=1S/C22H11F3N4/c23-18-6-5-13(7-17(18)16-4-2-1-3-14(16)9-26)15-8-21(29-28-10-15)22-19(24)11-27-12-20(22)25/h1-8,10-12H. The Bertz CT molecular complexity index is 1240. The molecule has 0 saturated carbocycles. The Morgan fingerprint density at radius 3 is 2.28 bits per heavy atom. The molecule has 0 atom stereocenters. The van der Waals surface area contributed by atoms with E-state index in [1.54, 1.807) is 30.3 Å². The first-order chi connectivity index (χ1) is 14.1. The Kier molecular flexibility index (Phi) is 4.75. The molecule has 2 aromatic carbocycles. The molecule has 140 valence electrons. The molecule has 4 nitrogen and oxygen atoms in total. The van der Waals surface area contributed by atoms with Gasteiger partial charge >= 0.3 is 0 Å². The Morgan fingerprint density at radius 2 is 1.52 bits per heavy atom. The van der Waals surface area contributed by atoms with E-state index in [2.05, 4.69) is 15.2 Å². The van der Waals surface area contributed by atoms with Crippen molar-refractivity contribution in [2.75, 3.05) is 0 Å². The lowest BCUT2D eigenvalue weighted by atomic mass is 9.96. The van der Waals surface area contributed by atoms with Gasteiger partial charge in [0.25, 0.3) is 0 Å². The molecule has 0 aliphatic heterocycles. The number of hydrogen-bond donors (Lipinski definition) is 0. The summed E-state index contributed by atoms with van der Waals surface area (Å²) in [5.41, 5.74) is 1.70. The Balaban J connectivity index is 1.84. The Labute approximate surface area is 163 Å². The van der Waals surface area contributed by atoms with Crippen molar-refractivity contribution in [3.63, 3.8) is 0 Å². The first-order valence-corrected chi connectivity index (χ1v) is 8.50. The smallest absolute Gasteiger partial charge is 0.153 e. The second kappa shape index (κ2) is 7.52. The number of benzene rings is 2. The van der Waals surface area contributed by atoms with Crippen LogP contribution in [0.1, 0.15) is 5.56 Å². The van der Waals surface area contributed by atoms with Gasteiger partial charge in [-0.05, 0) is 29.8 Å². The van der Waals surface area contributed by atoms with Crippen LogP contribution in [-0.2, 0) is 0 Å². The van der Waals surface area contributed by atoms with Crippen LogP contribution in [-0.4, -0.2) is 15.2 Å². The summed E-state index contributed by atoms with van der Waals surface area (Å²) < 4.78 is 42.6. The number of hydrogen-bond acceptors (Lipinski definition) is 4. The molecule has 0 radical (unpaired) electrons. The lowest BCUT2D eigenvalue weighted by Gasteiger charge is -2.10. The predicted octanol–water partition coefficient (Wildman–Crippen LogP) is 5.16. The fraction of sp³-hybridized carbons (Fsp3) is 0. The third-order valence-corrected chi connectivity index (χ3v) is 4.40. The zero-order valence-corrected chi connectivity index (χ0v) is 14.8. The van der Waals surface area contributed by atoms with E-state index < -0.39 is 17.5 Å². The van der Waals surface area contributed by atoms with Crippen molar-refractivity contribution in [3.8, 4) is 39.6 Å². The summed E-state index contributed by atoms with van der Waals surface area (Å²) in [6.07, 6.45) is 3.19. The van der Waals surface area contributed by atoms with Crippen molar-refractivity contribution < 1.29 is 13.2 Å². The van der Waals surface area contributed by atoms with Gasteiger partial charge < -0.3 is 0 Å². The molecular weight excluding hydrogens is 377 g/mol. The summed E-state index contributed by atoms with van der Waals surface area (Å²) in [5, 5.41) is 16.9. The molecule has 7 heteroatoms. The highest BCUT2D eigenvalue weighted by Crippen LogP contribution is 2.32. The average molecular weight is 388 g/mol. The lowest BCUT2D eigenvalue weighted by molar-refractivity contribution is 0.578. The monoisotopic (exact) mass is 388 g/mol. The number of aromatic nitrogens is 3. The van der Waals surface area contributed by atoms with E-state index in [4.69, 9.17) is 0 Å². The van der Waals surface area contributed by atoms with Gasteiger partial charge in [0.05, 0.1) is 41.5 Å². The van der Waals surface area contributed by atoms with Gasteiger partial charge in [-0.25, -0.2) is 13.2 Å². The summed E-state index contributed by atoms with van der Waals surface area (Å²) in [6.45, 7) is 0. The topological polar surface area (TPSA) is 62.5 Å². The van der Waals surface area contributed by atoms with Gasteiger partial charge in [-0.3, -0.25) is 4.98 Å². The predicted molar refractivity (Wildman–Crippen MR) is 101 cm³/mol. The van der Waals surface area contributed by atoms with Gasteiger partial charge in [0.15, 0.2) is 11.6 Å². The van der Waals surface area contributed by atoms with E-state index in [1.165, 1.54) is 24.4 Å². The second-order valence-corrected chi connectivity index (χ2v) is 6.16. The lowest BCUT2D eigenvalue weighted by Crippen LogP contribution is -1.97. The molecule has 2 heterocycles. The molecule has 0 spiro atoms. The first-order valence-electron chi connectivity index (χ1n) is 8.50. The van der Waals surface area contributed by atoms with Crippen molar-refractivity contribution in [1.29, 1.82) is 5.26 Å². The fourth-order valence-electron chi connectivity index (χ4n) is 3.03. The SMILES string of the molecule is N#Cc1ccccc1-c1cc(-c2cnnc(-c3c(F)cncc3F)c2)ccc1F. The molecular formula is C22H11F3N4. The highest BCUT2D eigenvalue weighted by molar-refractivity contribution is 5.78. The summed E-state index contributed by atoms with van der Waals surface area (Å²) in [5.74, 6) is -2.22. The molecule has 0 aliphatic carbocycles. The molecule has 4 rings (SSSR count). The average Bonchev–Trinajstić information content (AvgIpc) is 2.74. The molecule has 0 aliphatic rings. The summed E-state index contributed by atoms with van der Waals surface area (Å²) in [7, 11) is 0. The van der Waals surface area contributed by atoms with Crippen molar-refractivity contribution in [2.45, 2.75) is 0 Å². The van der Waals surface area contributed by atoms with Gasteiger partial charge in [0.2, 0.25) is 0 Å². The maximum Gasteiger partial charge on any atom is 0.153 e. The summed E-state index contributed by atoms with van der Waals surface area (Å²) in [6, 6.07) is 14.5. The van der Waals surface area contributed by atoms with Crippen LogP contribution in [0, 0.1) is 28.8 Å². The van der Waals surface area contributed by atoms with Crippen LogP contribution in [0.25, 0.3) is 33.5 Å². The van der Waals surface area contributed by atoms with Gasteiger partial charge in [-0.1, -0.05) is 24.3 Å². The van der Waals surface area contributed by atoms with Crippen LogP contribution in [0.2, 0.25) is 0 Å². The molecule has 0 N–H and O–H groups in total. The highest BCUT2D eigenvalue weighted by atomic mass is 19.1. The largest absolute Gasteiger partial charge is 0.259 e. The van der Waals surface area contributed by atoms with Gasteiger partial charge in [0, 0.05) is 16.7 Å². The molecule has 2 aromatic heterocycles. The fourth-order valence-corrected chi connectivity index (χ4v) is 3.03. The Hall–Kier alpha value is -4.05. The number of nitriles is 1. The molecule has 0 unspecified atom stereocenters. The zero-order valence-electron chi connectivity index (χ0n) is 14.8. The van der Waals surface area contributed by atoms with E-state index in [-0.39, 0.29) is 16.8 Å². The van der Waals surface area contributed by atoms with Gasteiger partial charge in [-0.2, -0.15) is 15.5 Å².